The van der Waals surface area contributed by atoms with Crippen LogP contribution >= 0.6 is 22.7 Å². The van der Waals surface area contributed by atoms with Crippen molar-refractivity contribution in [3.63, 3.8) is 0 Å². The summed E-state index contributed by atoms with van der Waals surface area (Å²) in [6.45, 7) is 5.04. The minimum absolute atomic E-state index is 0.564. The van der Waals surface area contributed by atoms with E-state index in [1.54, 1.807) is 22.7 Å². The highest BCUT2D eigenvalue weighted by Crippen LogP contribution is 2.25. The molecule has 0 fully saturated rings. The first kappa shape index (κ1) is 14.4. The molecule has 1 atom stereocenters. The summed E-state index contributed by atoms with van der Waals surface area (Å²) in [6, 6.07) is 2.12. The van der Waals surface area contributed by atoms with E-state index in [4.69, 9.17) is 0 Å². The van der Waals surface area contributed by atoms with Crippen LogP contribution in [0, 0.1) is 5.92 Å². The van der Waals surface area contributed by atoms with Crippen LogP contribution < -0.4 is 5.32 Å². The van der Waals surface area contributed by atoms with Crippen LogP contribution in [0.4, 0.5) is 0 Å². The molecule has 3 aromatic rings. The molecule has 0 amide bonds. The SMILES string of the molecule is CC(CNCc1csc(-c2ccsc2)n1)Cn1ccnc1. The van der Waals surface area contributed by atoms with Crippen LogP contribution in [-0.2, 0) is 13.1 Å². The van der Waals surface area contributed by atoms with Crippen molar-refractivity contribution in [2.45, 2.75) is 20.0 Å². The monoisotopic (exact) mass is 318 g/mol. The lowest BCUT2D eigenvalue weighted by Gasteiger charge is -2.12. The molecule has 3 rings (SSSR count). The first-order chi connectivity index (χ1) is 10.3. The molecule has 0 aliphatic carbocycles. The van der Waals surface area contributed by atoms with E-state index in [-0.39, 0.29) is 0 Å². The zero-order valence-corrected chi connectivity index (χ0v) is 13.5. The van der Waals surface area contributed by atoms with Gasteiger partial charge in [-0.3, -0.25) is 0 Å². The summed E-state index contributed by atoms with van der Waals surface area (Å²) in [5, 5.41) is 11.0. The predicted octanol–water partition coefficient (Wildman–Crippen LogP) is 3.49. The molecule has 6 heteroatoms. The van der Waals surface area contributed by atoms with E-state index in [0.717, 1.165) is 30.3 Å². The second-order valence-corrected chi connectivity index (χ2v) is 6.79. The Hall–Kier alpha value is -1.50. The van der Waals surface area contributed by atoms with Crippen molar-refractivity contribution in [3.8, 4) is 10.6 Å². The molecule has 0 spiro atoms. The van der Waals surface area contributed by atoms with Crippen molar-refractivity contribution in [1.82, 2.24) is 19.9 Å². The fourth-order valence-electron chi connectivity index (χ4n) is 2.17. The molecule has 110 valence electrons. The number of thiophene rings is 1. The maximum Gasteiger partial charge on any atom is 0.124 e. The highest BCUT2D eigenvalue weighted by molar-refractivity contribution is 7.14. The Bertz CT molecular complexity index is 643. The zero-order valence-electron chi connectivity index (χ0n) is 11.9. The minimum atomic E-state index is 0.564. The molecule has 3 heterocycles. The molecule has 21 heavy (non-hydrogen) atoms. The highest BCUT2D eigenvalue weighted by atomic mass is 32.1. The summed E-state index contributed by atoms with van der Waals surface area (Å²) in [6.07, 6.45) is 5.69. The molecule has 3 aromatic heterocycles. The van der Waals surface area contributed by atoms with E-state index >= 15 is 0 Å². The Balaban J connectivity index is 1.45. The number of rotatable bonds is 7. The van der Waals surface area contributed by atoms with Crippen LogP contribution in [0.15, 0.2) is 40.9 Å². The van der Waals surface area contributed by atoms with Gasteiger partial charge in [0.2, 0.25) is 0 Å². The van der Waals surface area contributed by atoms with Gasteiger partial charge in [-0.05, 0) is 23.9 Å². The summed E-state index contributed by atoms with van der Waals surface area (Å²) < 4.78 is 2.11. The lowest BCUT2D eigenvalue weighted by molar-refractivity contribution is 0.444. The van der Waals surface area contributed by atoms with Crippen molar-refractivity contribution in [1.29, 1.82) is 0 Å². The molecule has 1 unspecified atom stereocenters. The van der Waals surface area contributed by atoms with Gasteiger partial charge in [-0.25, -0.2) is 9.97 Å². The number of nitrogens with zero attached hydrogens (tertiary/aromatic N) is 3. The first-order valence-electron chi connectivity index (χ1n) is 6.94. The van der Waals surface area contributed by atoms with Gasteiger partial charge in [0, 0.05) is 41.8 Å². The molecule has 0 saturated heterocycles. The topological polar surface area (TPSA) is 42.7 Å². The Labute approximate surface area is 132 Å². The number of aromatic nitrogens is 3. The number of nitrogens with one attached hydrogen (secondary N) is 1. The third-order valence-electron chi connectivity index (χ3n) is 3.20. The van der Waals surface area contributed by atoms with E-state index in [0.29, 0.717) is 5.92 Å². The van der Waals surface area contributed by atoms with Crippen LogP contribution in [0.25, 0.3) is 10.6 Å². The van der Waals surface area contributed by atoms with E-state index in [1.807, 2.05) is 18.7 Å². The molecular weight excluding hydrogens is 300 g/mol. The third kappa shape index (κ3) is 4.00. The maximum atomic E-state index is 4.67. The van der Waals surface area contributed by atoms with Gasteiger partial charge in [-0.1, -0.05) is 6.92 Å². The Morgan fingerprint density at radius 2 is 2.33 bits per heavy atom. The Morgan fingerprint density at radius 3 is 3.10 bits per heavy atom. The number of hydrogen-bond donors (Lipinski definition) is 1. The van der Waals surface area contributed by atoms with Crippen molar-refractivity contribution in [3.05, 3.63) is 46.6 Å². The maximum absolute atomic E-state index is 4.67. The molecular formula is C15H18N4S2. The van der Waals surface area contributed by atoms with Crippen LogP contribution in [0.3, 0.4) is 0 Å². The van der Waals surface area contributed by atoms with E-state index < -0.39 is 0 Å². The van der Waals surface area contributed by atoms with Gasteiger partial charge >= 0.3 is 0 Å². The summed E-state index contributed by atoms with van der Waals surface area (Å²) in [5.41, 5.74) is 2.35. The highest BCUT2D eigenvalue weighted by Gasteiger charge is 2.06. The molecule has 1 N–H and O–H groups in total. The van der Waals surface area contributed by atoms with Gasteiger partial charge in [0.05, 0.1) is 12.0 Å². The molecule has 0 aromatic carbocycles. The number of imidazole rings is 1. The summed E-state index contributed by atoms with van der Waals surface area (Å²) in [7, 11) is 0. The standard InChI is InChI=1S/C15H18N4S2/c1-12(8-19-4-3-16-11-19)6-17-7-14-10-21-15(18-14)13-2-5-20-9-13/h2-5,9-12,17H,6-8H2,1H3. The molecule has 0 aliphatic rings. The summed E-state index contributed by atoms with van der Waals surface area (Å²) in [4.78, 5) is 8.74. The van der Waals surface area contributed by atoms with Crippen LogP contribution in [-0.4, -0.2) is 21.1 Å². The Kier molecular flexibility index (Phi) is 4.80. The smallest absolute Gasteiger partial charge is 0.124 e. The van der Waals surface area contributed by atoms with E-state index in [9.17, 15) is 0 Å². The van der Waals surface area contributed by atoms with E-state index in [1.165, 1.54) is 5.56 Å². The van der Waals surface area contributed by atoms with Gasteiger partial charge in [-0.15, -0.1) is 11.3 Å². The minimum Gasteiger partial charge on any atom is -0.337 e. The fourth-order valence-corrected chi connectivity index (χ4v) is 3.70. The van der Waals surface area contributed by atoms with Crippen molar-refractivity contribution >= 4 is 22.7 Å². The van der Waals surface area contributed by atoms with Gasteiger partial charge in [-0.2, -0.15) is 11.3 Å². The average Bonchev–Trinajstić information content (AvgIpc) is 3.21. The molecule has 4 nitrogen and oxygen atoms in total. The number of hydrogen-bond acceptors (Lipinski definition) is 5. The quantitative estimate of drug-likeness (QED) is 0.725. The Morgan fingerprint density at radius 1 is 1.38 bits per heavy atom. The second kappa shape index (κ2) is 6.98. The lowest BCUT2D eigenvalue weighted by Crippen LogP contribution is -2.23. The average molecular weight is 318 g/mol. The van der Waals surface area contributed by atoms with E-state index in [2.05, 4.69) is 49.0 Å². The molecule has 0 aliphatic heterocycles. The number of thiazole rings is 1. The normalized spacial score (nSPS) is 12.6. The first-order valence-corrected chi connectivity index (χ1v) is 8.77. The third-order valence-corrected chi connectivity index (χ3v) is 4.82. The van der Waals surface area contributed by atoms with Crippen LogP contribution in [0.5, 0.6) is 0 Å². The van der Waals surface area contributed by atoms with Crippen molar-refractivity contribution in [2.75, 3.05) is 6.54 Å². The van der Waals surface area contributed by atoms with Gasteiger partial charge < -0.3 is 9.88 Å². The summed E-state index contributed by atoms with van der Waals surface area (Å²) >= 11 is 3.42. The van der Waals surface area contributed by atoms with Crippen molar-refractivity contribution in [2.24, 2.45) is 5.92 Å². The van der Waals surface area contributed by atoms with Gasteiger partial charge in [0.1, 0.15) is 5.01 Å². The predicted molar refractivity (Wildman–Crippen MR) is 88.5 cm³/mol. The largest absolute Gasteiger partial charge is 0.337 e. The van der Waals surface area contributed by atoms with Crippen LogP contribution in [0.2, 0.25) is 0 Å². The fraction of sp³-hybridized carbons (Fsp3) is 0.333. The summed E-state index contributed by atoms with van der Waals surface area (Å²) in [5.74, 6) is 0.564. The second-order valence-electron chi connectivity index (χ2n) is 5.15. The van der Waals surface area contributed by atoms with Crippen LogP contribution in [0.1, 0.15) is 12.6 Å². The van der Waals surface area contributed by atoms with Gasteiger partial charge in [0.25, 0.3) is 0 Å². The molecule has 0 radical (unpaired) electrons. The van der Waals surface area contributed by atoms with Crippen molar-refractivity contribution < 1.29 is 0 Å². The molecule has 0 saturated carbocycles. The zero-order chi connectivity index (χ0) is 14.5. The van der Waals surface area contributed by atoms with Gasteiger partial charge in [0.15, 0.2) is 0 Å². The molecule has 0 bridgehead atoms. The lowest BCUT2D eigenvalue weighted by atomic mass is 10.2.